The number of amides is 1. The number of halogens is 1. The van der Waals surface area contributed by atoms with Crippen LogP contribution < -0.4 is 5.73 Å². The van der Waals surface area contributed by atoms with Crippen LogP contribution >= 0.6 is 15.9 Å². The molecule has 2 N–H and O–H groups in total. The van der Waals surface area contributed by atoms with Crippen LogP contribution in [0.4, 0.5) is 10.6 Å². The van der Waals surface area contributed by atoms with Crippen LogP contribution in [0.15, 0.2) is 59.3 Å². The molecular formula is C29H31BrN6O3. The van der Waals surface area contributed by atoms with Crippen molar-refractivity contribution in [2.24, 2.45) is 0 Å². The Morgan fingerprint density at radius 3 is 2.41 bits per heavy atom. The lowest BCUT2D eigenvalue weighted by Crippen LogP contribution is -2.59. The Labute approximate surface area is 235 Å². The fourth-order valence-corrected chi connectivity index (χ4v) is 6.15. The molecular weight excluding hydrogens is 560 g/mol. The van der Waals surface area contributed by atoms with E-state index in [0.29, 0.717) is 37.5 Å². The molecule has 6 rings (SSSR count). The van der Waals surface area contributed by atoms with E-state index in [0.717, 1.165) is 32.6 Å². The number of piperidine rings is 1. The van der Waals surface area contributed by atoms with Crippen molar-refractivity contribution >= 4 is 33.5 Å². The second kappa shape index (κ2) is 9.91. The van der Waals surface area contributed by atoms with Crippen LogP contribution in [0.3, 0.4) is 0 Å². The summed E-state index contributed by atoms with van der Waals surface area (Å²) in [7, 11) is 0. The number of carbonyl (C=O) groups excluding carboxylic acids is 1. The van der Waals surface area contributed by atoms with E-state index in [9.17, 15) is 4.79 Å². The number of nitrogen functional groups attached to an aromatic ring is 1. The summed E-state index contributed by atoms with van der Waals surface area (Å²) in [5.74, 6) is 0.580. The van der Waals surface area contributed by atoms with Crippen molar-refractivity contribution in [1.82, 2.24) is 24.5 Å². The standard InChI is InChI=1S/C29H31BrN6O3/c1-29(2,3)39-28(37)35-20-11-19(12-21(35)16-38-15-20)25-24(30)26(31)36-27(34-25)22(14-33-36)18-9-10-23(32-13-18)17-7-5-4-6-8-17/h4-10,13-14,19-21H,11-12,15-16,31H2,1-3H3. The monoisotopic (exact) mass is 590 g/mol. The van der Waals surface area contributed by atoms with Gasteiger partial charge in [-0.25, -0.2) is 9.78 Å². The van der Waals surface area contributed by atoms with Crippen LogP contribution in [-0.4, -0.2) is 61.5 Å². The van der Waals surface area contributed by atoms with E-state index in [1.165, 1.54) is 0 Å². The molecule has 2 aliphatic heterocycles. The fourth-order valence-electron chi connectivity index (χ4n) is 5.57. The van der Waals surface area contributed by atoms with Crippen LogP contribution in [0, 0.1) is 0 Å². The van der Waals surface area contributed by atoms with E-state index in [1.54, 1.807) is 10.7 Å². The molecule has 0 aliphatic carbocycles. The molecule has 5 heterocycles. The first-order valence-corrected chi connectivity index (χ1v) is 13.9. The van der Waals surface area contributed by atoms with Crippen LogP contribution in [0.2, 0.25) is 0 Å². The van der Waals surface area contributed by atoms with Crippen molar-refractivity contribution < 1.29 is 14.3 Å². The predicted octanol–water partition coefficient (Wildman–Crippen LogP) is 5.68. The summed E-state index contributed by atoms with van der Waals surface area (Å²) in [5, 5.41) is 4.53. The van der Waals surface area contributed by atoms with E-state index in [4.69, 9.17) is 20.2 Å². The largest absolute Gasteiger partial charge is 0.444 e. The zero-order chi connectivity index (χ0) is 27.3. The van der Waals surface area contributed by atoms with Crippen molar-refractivity contribution in [2.75, 3.05) is 18.9 Å². The third kappa shape index (κ3) is 4.87. The Balaban J connectivity index is 1.32. The van der Waals surface area contributed by atoms with Gasteiger partial charge >= 0.3 is 6.09 Å². The van der Waals surface area contributed by atoms with Crippen LogP contribution in [0.25, 0.3) is 28.0 Å². The molecule has 39 heavy (non-hydrogen) atoms. The van der Waals surface area contributed by atoms with Gasteiger partial charge in [-0.15, -0.1) is 0 Å². The maximum Gasteiger partial charge on any atom is 0.410 e. The highest BCUT2D eigenvalue weighted by Crippen LogP contribution is 2.42. The minimum absolute atomic E-state index is 0.0885. The zero-order valence-corrected chi connectivity index (χ0v) is 23.8. The number of rotatable bonds is 3. The van der Waals surface area contributed by atoms with E-state index in [-0.39, 0.29) is 24.1 Å². The minimum atomic E-state index is -0.556. The highest BCUT2D eigenvalue weighted by Gasteiger charge is 2.44. The van der Waals surface area contributed by atoms with Gasteiger partial charge in [0.15, 0.2) is 5.65 Å². The number of anilines is 1. The molecule has 2 saturated heterocycles. The van der Waals surface area contributed by atoms with Crippen molar-refractivity contribution in [1.29, 1.82) is 0 Å². The first-order chi connectivity index (χ1) is 18.7. The van der Waals surface area contributed by atoms with Gasteiger partial charge in [0.05, 0.1) is 47.4 Å². The Morgan fingerprint density at radius 1 is 1.05 bits per heavy atom. The van der Waals surface area contributed by atoms with E-state index in [1.807, 2.05) is 74.3 Å². The molecule has 0 saturated carbocycles. The van der Waals surface area contributed by atoms with Crippen LogP contribution in [0.1, 0.15) is 45.2 Å². The van der Waals surface area contributed by atoms with Crippen molar-refractivity contribution in [3.8, 4) is 22.4 Å². The van der Waals surface area contributed by atoms with Crippen molar-refractivity contribution in [3.63, 3.8) is 0 Å². The Morgan fingerprint density at radius 2 is 1.77 bits per heavy atom. The summed E-state index contributed by atoms with van der Waals surface area (Å²) in [5.41, 5.74) is 11.3. The molecule has 3 aromatic heterocycles. The molecule has 2 unspecified atom stereocenters. The lowest BCUT2D eigenvalue weighted by molar-refractivity contribution is -0.0827. The minimum Gasteiger partial charge on any atom is -0.444 e. The van der Waals surface area contributed by atoms with Gasteiger partial charge in [0.25, 0.3) is 0 Å². The van der Waals surface area contributed by atoms with Gasteiger partial charge < -0.3 is 15.2 Å². The number of pyridine rings is 1. The molecule has 4 aromatic rings. The van der Waals surface area contributed by atoms with Gasteiger partial charge in [-0.1, -0.05) is 36.4 Å². The summed E-state index contributed by atoms with van der Waals surface area (Å²) < 4.78 is 13.9. The number of hydrogen-bond donors (Lipinski definition) is 1. The molecule has 202 valence electrons. The second-order valence-corrected chi connectivity index (χ2v) is 12.0. The first-order valence-electron chi connectivity index (χ1n) is 13.1. The lowest BCUT2D eigenvalue weighted by atomic mass is 9.83. The van der Waals surface area contributed by atoms with Gasteiger partial charge in [0.2, 0.25) is 0 Å². The number of nitrogens with zero attached hydrogens (tertiary/aromatic N) is 5. The molecule has 1 amide bonds. The average Bonchev–Trinajstić information content (AvgIpc) is 3.34. The van der Waals surface area contributed by atoms with Crippen LogP contribution in [0.5, 0.6) is 0 Å². The quantitative estimate of drug-likeness (QED) is 0.327. The highest BCUT2D eigenvalue weighted by atomic mass is 79.9. The second-order valence-electron chi connectivity index (χ2n) is 11.2. The molecule has 10 heteroatoms. The van der Waals surface area contributed by atoms with Gasteiger partial charge in [-0.3, -0.25) is 9.88 Å². The molecule has 2 atom stereocenters. The molecule has 0 radical (unpaired) electrons. The third-order valence-corrected chi connectivity index (χ3v) is 8.12. The van der Waals surface area contributed by atoms with E-state index in [2.05, 4.69) is 26.0 Å². The molecule has 2 fully saturated rings. The molecule has 2 aliphatic rings. The van der Waals surface area contributed by atoms with E-state index >= 15 is 0 Å². The first kappa shape index (κ1) is 25.8. The maximum atomic E-state index is 13.0. The summed E-state index contributed by atoms with van der Waals surface area (Å²) >= 11 is 3.70. The maximum absolute atomic E-state index is 13.0. The zero-order valence-electron chi connectivity index (χ0n) is 22.2. The molecule has 9 nitrogen and oxygen atoms in total. The van der Waals surface area contributed by atoms with Crippen molar-refractivity contribution in [3.05, 3.63) is 65.0 Å². The van der Waals surface area contributed by atoms with Gasteiger partial charge in [-0.2, -0.15) is 9.61 Å². The summed E-state index contributed by atoms with van der Waals surface area (Å²) in [4.78, 5) is 24.7. The predicted molar refractivity (Wildman–Crippen MR) is 152 cm³/mol. The van der Waals surface area contributed by atoms with Gasteiger partial charge in [0, 0.05) is 28.8 Å². The third-order valence-electron chi connectivity index (χ3n) is 7.30. The lowest BCUT2D eigenvalue weighted by Gasteiger charge is -2.48. The summed E-state index contributed by atoms with van der Waals surface area (Å²) in [6, 6.07) is 13.9. The fraction of sp³-hybridized carbons (Fsp3) is 0.379. The topological polar surface area (TPSA) is 108 Å². The number of ether oxygens (including phenoxy) is 2. The number of nitrogens with two attached hydrogens (primary N) is 1. The summed E-state index contributed by atoms with van der Waals surface area (Å²) in [6.07, 6.45) is 4.74. The average molecular weight is 592 g/mol. The Hall–Kier alpha value is -3.50. The number of hydrogen-bond acceptors (Lipinski definition) is 7. The number of morpholine rings is 1. The molecule has 1 aromatic carbocycles. The number of benzene rings is 1. The number of carbonyl (C=O) groups is 1. The SMILES string of the molecule is CC(C)(C)OC(=O)N1C2COCC1CC(c1nc3c(-c4ccc(-c5ccccc5)nc4)cnn3c(N)c1Br)C2. The smallest absolute Gasteiger partial charge is 0.410 e. The molecule has 2 bridgehead atoms. The van der Waals surface area contributed by atoms with Gasteiger partial charge in [0.1, 0.15) is 11.4 Å². The normalized spacial score (nSPS) is 21.2. The number of fused-ring (bicyclic) bond motifs is 3. The number of aromatic nitrogens is 4. The summed E-state index contributed by atoms with van der Waals surface area (Å²) in [6.45, 7) is 6.60. The Kier molecular flexibility index (Phi) is 6.55. The van der Waals surface area contributed by atoms with Crippen molar-refractivity contribution in [2.45, 2.75) is 57.2 Å². The molecule has 0 spiro atoms. The Bertz CT molecular complexity index is 1500. The highest BCUT2D eigenvalue weighted by molar-refractivity contribution is 9.10. The van der Waals surface area contributed by atoms with E-state index < -0.39 is 5.60 Å². The van der Waals surface area contributed by atoms with Crippen LogP contribution in [-0.2, 0) is 9.47 Å². The van der Waals surface area contributed by atoms with Gasteiger partial charge in [-0.05, 0) is 55.6 Å².